The van der Waals surface area contributed by atoms with Gasteiger partial charge < -0.3 is 10.1 Å². The molecule has 22 heavy (non-hydrogen) atoms. The fourth-order valence-corrected chi connectivity index (χ4v) is 3.19. The number of carbonyl (C=O) groups excluding carboxylic acids is 1. The maximum Gasteiger partial charge on any atom is 0.416 e. The summed E-state index contributed by atoms with van der Waals surface area (Å²) in [5, 5.41) is 3.20. The Morgan fingerprint density at radius 2 is 1.91 bits per heavy atom. The van der Waals surface area contributed by atoms with Gasteiger partial charge in [0.05, 0.1) is 17.6 Å². The van der Waals surface area contributed by atoms with Gasteiger partial charge in [-0.2, -0.15) is 13.2 Å². The summed E-state index contributed by atoms with van der Waals surface area (Å²) in [6, 6.07) is 5.38. The number of benzene rings is 1. The molecule has 0 aromatic heterocycles. The van der Waals surface area contributed by atoms with Gasteiger partial charge in [0.15, 0.2) is 0 Å². The van der Waals surface area contributed by atoms with Crippen LogP contribution in [-0.2, 0) is 17.5 Å². The van der Waals surface area contributed by atoms with Gasteiger partial charge in [-0.15, -0.1) is 0 Å². The molecule has 0 aliphatic carbocycles. The zero-order valence-electron chi connectivity index (χ0n) is 11.9. The van der Waals surface area contributed by atoms with E-state index in [1.807, 2.05) is 0 Å². The van der Waals surface area contributed by atoms with Crippen LogP contribution >= 0.6 is 0 Å². The molecular weight excluding hydrogens is 297 g/mol. The van der Waals surface area contributed by atoms with Crippen molar-refractivity contribution in [2.24, 2.45) is 0 Å². The molecule has 0 saturated carbocycles. The van der Waals surface area contributed by atoms with E-state index >= 15 is 0 Å². The van der Waals surface area contributed by atoms with Gasteiger partial charge in [0.2, 0.25) is 0 Å². The molecule has 0 radical (unpaired) electrons. The predicted octanol–water partition coefficient (Wildman–Crippen LogP) is 2.78. The molecule has 2 aliphatic heterocycles. The average molecular weight is 314 g/mol. The minimum absolute atomic E-state index is 0.0749. The summed E-state index contributed by atoms with van der Waals surface area (Å²) in [5.74, 6) is 0. The van der Waals surface area contributed by atoms with Crippen molar-refractivity contribution < 1.29 is 22.7 Å². The Morgan fingerprint density at radius 3 is 2.59 bits per heavy atom. The lowest BCUT2D eigenvalue weighted by Crippen LogP contribution is -2.53. The molecule has 3 rings (SSSR count). The Balaban J connectivity index is 1.90. The van der Waals surface area contributed by atoms with E-state index in [1.165, 1.54) is 17.0 Å². The standard InChI is InChI=1S/C15H17F3N2O2/c16-15(17,18)12-4-2-1-3-11(12)9-20-13(21)22-10-14(20)5-7-19-8-6-14/h1-4,19H,5-10H2. The van der Waals surface area contributed by atoms with Crippen LogP contribution in [0.1, 0.15) is 24.0 Å². The summed E-state index contributed by atoms with van der Waals surface area (Å²) in [7, 11) is 0. The Kier molecular flexibility index (Phi) is 3.76. The third kappa shape index (κ3) is 2.65. The molecule has 2 heterocycles. The number of alkyl halides is 3. The first-order valence-corrected chi connectivity index (χ1v) is 7.23. The van der Waals surface area contributed by atoms with Gasteiger partial charge in [-0.3, -0.25) is 4.90 Å². The number of carbonyl (C=O) groups is 1. The van der Waals surface area contributed by atoms with Gasteiger partial charge in [0.25, 0.3) is 0 Å². The highest BCUT2D eigenvalue weighted by molar-refractivity contribution is 5.71. The van der Waals surface area contributed by atoms with E-state index in [0.29, 0.717) is 12.8 Å². The minimum atomic E-state index is -4.43. The van der Waals surface area contributed by atoms with E-state index in [1.54, 1.807) is 6.07 Å². The monoisotopic (exact) mass is 314 g/mol. The van der Waals surface area contributed by atoms with Crippen molar-refractivity contribution in [3.05, 3.63) is 35.4 Å². The number of rotatable bonds is 2. The lowest BCUT2D eigenvalue weighted by molar-refractivity contribution is -0.138. The van der Waals surface area contributed by atoms with Gasteiger partial charge in [-0.25, -0.2) is 4.79 Å². The molecule has 120 valence electrons. The van der Waals surface area contributed by atoms with Crippen LogP contribution in [0.15, 0.2) is 24.3 Å². The molecule has 0 bridgehead atoms. The summed E-state index contributed by atoms with van der Waals surface area (Å²) in [6.07, 6.45) is -3.58. The second-order valence-corrected chi connectivity index (χ2v) is 5.77. The lowest BCUT2D eigenvalue weighted by Gasteiger charge is -2.39. The van der Waals surface area contributed by atoms with Crippen LogP contribution in [-0.4, -0.2) is 36.2 Å². The number of hydrogen-bond acceptors (Lipinski definition) is 3. The first-order chi connectivity index (χ1) is 10.4. The van der Waals surface area contributed by atoms with Crippen LogP contribution in [0, 0.1) is 0 Å². The average Bonchev–Trinajstić information content (AvgIpc) is 2.77. The third-order valence-electron chi connectivity index (χ3n) is 4.44. The molecule has 7 heteroatoms. The topological polar surface area (TPSA) is 41.6 Å². The van der Waals surface area contributed by atoms with Crippen molar-refractivity contribution >= 4 is 6.09 Å². The minimum Gasteiger partial charge on any atom is -0.447 e. The summed E-state index contributed by atoms with van der Waals surface area (Å²) < 4.78 is 44.5. The number of nitrogens with one attached hydrogen (secondary N) is 1. The molecule has 2 aliphatic rings. The molecule has 0 unspecified atom stereocenters. The van der Waals surface area contributed by atoms with Crippen LogP contribution < -0.4 is 5.32 Å². The molecule has 1 amide bonds. The second kappa shape index (κ2) is 5.46. The van der Waals surface area contributed by atoms with Crippen molar-refractivity contribution in [1.82, 2.24) is 10.2 Å². The van der Waals surface area contributed by atoms with E-state index in [9.17, 15) is 18.0 Å². The third-order valence-corrected chi connectivity index (χ3v) is 4.44. The van der Waals surface area contributed by atoms with Crippen LogP contribution in [0.5, 0.6) is 0 Å². The Morgan fingerprint density at radius 1 is 1.23 bits per heavy atom. The van der Waals surface area contributed by atoms with Gasteiger partial charge in [-0.1, -0.05) is 18.2 Å². The molecule has 1 aromatic rings. The largest absolute Gasteiger partial charge is 0.447 e. The SMILES string of the molecule is O=C1OCC2(CCNCC2)N1Cc1ccccc1C(F)(F)F. The van der Waals surface area contributed by atoms with Crippen molar-refractivity contribution in [3.8, 4) is 0 Å². The van der Waals surface area contributed by atoms with Crippen LogP contribution in [0.3, 0.4) is 0 Å². The highest BCUT2D eigenvalue weighted by Crippen LogP contribution is 2.37. The molecule has 1 aromatic carbocycles. The first-order valence-electron chi connectivity index (χ1n) is 7.23. The summed E-state index contributed by atoms with van der Waals surface area (Å²) in [4.78, 5) is 13.5. The maximum absolute atomic E-state index is 13.1. The van der Waals surface area contributed by atoms with Crippen LogP contribution in [0.2, 0.25) is 0 Å². The molecule has 4 nitrogen and oxygen atoms in total. The molecule has 0 atom stereocenters. The fourth-order valence-electron chi connectivity index (χ4n) is 3.19. The van der Waals surface area contributed by atoms with Crippen molar-refractivity contribution in [2.75, 3.05) is 19.7 Å². The Hall–Kier alpha value is -1.76. The Bertz CT molecular complexity index is 568. The fraction of sp³-hybridized carbons (Fsp3) is 0.533. The summed E-state index contributed by atoms with van der Waals surface area (Å²) in [6.45, 7) is 1.64. The van der Waals surface area contributed by atoms with Crippen molar-refractivity contribution in [3.63, 3.8) is 0 Å². The van der Waals surface area contributed by atoms with E-state index < -0.39 is 23.4 Å². The molecule has 1 spiro atoms. The molecule has 2 fully saturated rings. The van der Waals surface area contributed by atoms with E-state index in [-0.39, 0.29) is 18.7 Å². The quantitative estimate of drug-likeness (QED) is 0.913. The zero-order chi connectivity index (χ0) is 15.8. The number of piperidine rings is 1. The van der Waals surface area contributed by atoms with Gasteiger partial charge in [0, 0.05) is 0 Å². The zero-order valence-corrected chi connectivity index (χ0v) is 11.9. The van der Waals surface area contributed by atoms with Gasteiger partial charge >= 0.3 is 12.3 Å². The number of halogens is 3. The van der Waals surface area contributed by atoms with Gasteiger partial charge in [-0.05, 0) is 37.6 Å². The number of ether oxygens (including phenoxy) is 1. The van der Waals surface area contributed by atoms with Crippen LogP contribution in [0.25, 0.3) is 0 Å². The van der Waals surface area contributed by atoms with E-state index in [2.05, 4.69) is 5.32 Å². The Labute approximate surface area is 126 Å². The first kappa shape index (κ1) is 15.1. The van der Waals surface area contributed by atoms with E-state index in [4.69, 9.17) is 4.74 Å². The highest BCUT2D eigenvalue weighted by Gasteiger charge is 2.48. The maximum atomic E-state index is 13.1. The smallest absolute Gasteiger partial charge is 0.416 e. The number of amides is 1. The highest BCUT2D eigenvalue weighted by atomic mass is 19.4. The second-order valence-electron chi connectivity index (χ2n) is 5.77. The number of cyclic esters (lactones) is 1. The van der Waals surface area contributed by atoms with Crippen molar-refractivity contribution in [2.45, 2.75) is 31.1 Å². The molecule has 1 N–H and O–H groups in total. The lowest BCUT2D eigenvalue weighted by atomic mass is 9.87. The molecule has 2 saturated heterocycles. The normalized spacial score (nSPS) is 21.2. The van der Waals surface area contributed by atoms with E-state index in [0.717, 1.165) is 19.2 Å². The van der Waals surface area contributed by atoms with Crippen LogP contribution in [0.4, 0.5) is 18.0 Å². The predicted molar refractivity (Wildman–Crippen MR) is 73.2 cm³/mol. The summed E-state index contributed by atoms with van der Waals surface area (Å²) in [5.41, 5.74) is -1.08. The molecular formula is C15H17F3N2O2. The van der Waals surface area contributed by atoms with Gasteiger partial charge in [0.1, 0.15) is 6.61 Å². The van der Waals surface area contributed by atoms with Crippen molar-refractivity contribution in [1.29, 1.82) is 0 Å². The summed E-state index contributed by atoms with van der Waals surface area (Å²) >= 11 is 0. The number of hydrogen-bond donors (Lipinski definition) is 1. The number of nitrogens with zero attached hydrogens (tertiary/aromatic N) is 1.